The number of hydrogen-bond donors (Lipinski definition) is 2. The topological polar surface area (TPSA) is 95.4 Å². The molecule has 2 aromatic rings. The summed E-state index contributed by atoms with van der Waals surface area (Å²) in [5.41, 5.74) is 6.17. The van der Waals surface area contributed by atoms with Gasteiger partial charge in [0.25, 0.3) is 0 Å². The van der Waals surface area contributed by atoms with Crippen LogP contribution in [0.15, 0.2) is 41.3 Å². The Kier molecular flexibility index (Phi) is 3.65. The number of anilines is 1. The molecule has 0 saturated carbocycles. The molecule has 0 atom stereocenters. The molecule has 5 nitrogen and oxygen atoms in total. The third-order valence-corrected chi connectivity index (χ3v) is 3.56. The summed E-state index contributed by atoms with van der Waals surface area (Å²) in [6, 6.07) is 8.18. The molecule has 0 aliphatic carbocycles. The van der Waals surface area contributed by atoms with Crippen molar-refractivity contribution in [2.75, 3.05) is 5.73 Å². The maximum absolute atomic E-state index is 13.2. The predicted octanol–water partition coefficient (Wildman–Crippen LogP) is 2.16. The molecule has 7 heteroatoms. The van der Waals surface area contributed by atoms with Crippen LogP contribution in [0.4, 0.5) is 10.1 Å². The molecule has 0 heterocycles. The third kappa shape index (κ3) is 3.06. The number of primary sulfonamides is 1. The van der Waals surface area contributed by atoms with E-state index in [9.17, 15) is 12.8 Å². The van der Waals surface area contributed by atoms with Crippen LogP contribution in [0.5, 0.6) is 11.5 Å². The number of halogens is 1. The number of nitrogens with two attached hydrogens (primary N) is 2. The minimum atomic E-state index is -3.97. The smallest absolute Gasteiger partial charge is 0.241 e. The zero-order valence-electron chi connectivity index (χ0n) is 10.6. The molecule has 0 unspecified atom stereocenters. The van der Waals surface area contributed by atoms with Crippen LogP contribution in [0.1, 0.15) is 5.56 Å². The first-order chi connectivity index (χ1) is 9.27. The highest BCUT2D eigenvalue weighted by Crippen LogP contribution is 2.30. The van der Waals surface area contributed by atoms with Crippen LogP contribution in [0.2, 0.25) is 0 Å². The monoisotopic (exact) mass is 296 g/mol. The second-order valence-corrected chi connectivity index (χ2v) is 5.79. The molecule has 20 heavy (non-hydrogen) atoms. The zero-order valence-corrected chi connectivity index (χ0v) is 11.4. The van der Waals surface area contributed by atoms with E-state index in [1.165, 1.54) is 36.4 Å². The highest BCUT2D eigenvalue weighted by molar-refractivity contribution is 7.89. The molecule has 106 valence electrons. The Morgan fingerprint density at radius 3 is 2.45 bits per heavy atom. The molecule has 0 aliphatic rings. The van der Waals surface area contributed by atoms with Crippen molar-refractivity contribution < 1.29 is 17.5 Å². The van der Waals surface area contributed by atoms with Gasteiger partial charge in [0.05, 0.1) is 0 Å². The fourth-order valence-electron chi connectivity index (χ4n) is 1.64. The first-order valence-electron chi connectivity index (χ1n) is 5.64. The highest BCUT2D eigenvalue weighted by atomic mass is 32.2. The van der Waals surface area contributed by atoms with E-state index in [0.717, 1.165) is 0 Å². The lowest BCUT2D eigenvalue weighted by Crippen LogP contribution is -2.13. The molecule has 2 aromatic carbocycles. The average molecular weight is 296 g/mol. The number of benzene rings is 2. The number of hydrogen-bond acceptors (Lipinski definition) is 4. The van der Waals surface area contributed by atoms with Crippen molar-refractivity contribution in [3.63, 3.8) is 0 Å². The summed E-state index contributed by atoms with van der Waals surface area (Å²) in [4.78, 5) is -0.223. The molecular formula is C13H13FN2O3S. The van der Waals surface area contributed by atoms with E-state index in [-0.39, 0.29) is 22.1 Å². The SMILES string of the molecule is Cc1cc(Oc2ccc(N)cc2S(N)(=O)=O)ccc1F. The van der Waals surface area contributed by atoms with Crippen LogP contribution in [0, 0.1) is 12.7 Å². The Balaban J connectivity index is 2.46. The lowest BCUT2D eigenvalue weighted by atomic mass is 10.2. The largest absolute Gasteiger partial charge is 0.456 e. The van der Waals surface area contributed by atoms with Crippen molar-refractivity contribution in [2.45, 2.75) is 11.8 Å². The molecule has 2 rings (SSSR count). The van der Waals surface area contributed by atoms with Crippen LogP contribution in [-0.2, 0) is 10.0 Å². The minimum Gasteiger partial charge on any atom is -0.456 e. The minimum absolute atomic E-state index is 0.0349. The summed E-state index contributed by atoms with van der Waals surface area (Å²) in [6.45, 7) is 1.58. The molecule has 4 N–H and O–H groups in total. The Hall–Kier alpha value is -2.12. The van der Waals surface area contributed by atoms with Crippen molar-refractivity contribution in [3.05, 3.63) is 47.8 Å². The van der Waals surface area contributed by atoms with Crippen molar-refractivity contribution in [3.8, 4) is 11.5 Å². The lowest BCUT2D eigenvalue weighted by Gasteiger charge is -2.11. The van der Waals surface area contributed by atoms with Gasteiger partial charge in [0.2, 0.25) is 10.0 Å². The van der Waals surface area contributed by atoms with Gasteiger partial charge in [-0.1, -0.05) is 0 Å². The standard InChI is InChI=1S/C13H13FN2O3S/c1-8-6-10(3-4-11(8)14)19-12-5-2-9(15)7-13(12)20(16,17)18/h2-7H,15H2,1H3,(H2,16,17,18). The fraction of sp³-hybridized carbons (Fsp3) is 0.0769. The summed E-state index contributed by atoms with van der Waals surface area (Å²) in [7, 11) is -3.97. The first kappa shape index (κ1) is 14.3. The van der Waals surface area contributed by atoms with E-state index in [0.29, 0.717) is 11.3 Å². The predicted molar refractivity (Wildman–Crippen MR) is 73.4 cm³/mol. The molecule has 0 radical (unpaired) electrons. The number of nitrogen functional groups attached to an aromatic ring is 1. The van der Waals surface area contributed by atoms with Crippen LogP contribution in [0.25, 0.3) is 0 Å². The van der Waals surface area contributed by atoms with Gasteiger partial charge in [-0.3, -0.25) is 0 Å². The van der Waals surface area contributed by atoms with Crippen LogP contribution >= 0.6 is 0 Å². The number of aryl methyl sites for hydroxylation is 1. The Labute approximate surface area is 116 Å². The van der Waals surface area contributed by atoms with E-state index >= 15 is 0 Å². The summed E-state index contributed by atoms with van der Waals surface area (Å²) in [5.74, 6) is -0.0346. The number of sulfonamides is 1. The zero-order chi connectivity index (χ0) is 14.9. The van der Waals surface area contributed by atoms with Gasteiger partial charge >= 0.3 is 0 Å². The quantitative estimate of drug-likeness (QED) is 0.848. The first-order valence-corrected chi connectivity index (χ1v) is 7.18. The van der Waals surface area contributed by atoms with E-state index < -0.39 is 10.0 Å². The molecule has 0 aliphatic heterocycles. The molecule has 0 fully saturated rings. The summed E-state index contributed by atoms with van der Waals surface area (Å²) < 4.78 is 41.6. The van der Waals surface area contributed by atoms with Gasteiger partial charge in [0, 0.05) is 5.69 Å². The number of rotatable bonds is 3. The normalized spacial score (nSPS) is 11.3. The summed E-state index contributed by atoms with van der Waals surface area (Å²) in [5, 5.41) is 5.11. The van der Waals surface area contributed by atoms with Gasteiger partial charge in [0.1, 0.15) is 22.2 Å². The molecule has 0 aromatic heterocycles. The van der Waals surface area contributed by atoms with E-state index in [4.69, 9.17) is 15.6 Å². The van der Waals surface area contributed by atoms with Gasteiger partial charge in [-0.25, -0.2) is 17.9 Å². The molecule has 0 amide bonds. The summed E-state index contributed by atoms with van der Waals surface area (Å²) >= 11 is 0. The fourth-order valence-corrected chi connectivity index (χ4v) is 2.33. The van der Waals surface area contributed by atoms with Gasteiger partial charge in [-0.05, 0) is 48.9 Å². The van der Waals surface area contributed by atoms with Gasteiger partial charge in [-0.2, -0.15) is 0 Å². The maximum Gasteiger partial charge on any atom is 0.241 e. The van der Waals surface area contributed by atoms with Crippen molar-refractivity contribution in [1.82, 2.24) is 0 Å². The van der Waals surface area contributed by atoms with Crippen molar-refractivity contribution >= 4 is 15.7 Å². The van der Waals surface area contributed by atoms with Crippen LogP contribution in [-0.4, -0.2) is 8.42 Å². The molecular weight excluding hydrogens is 283 g/mol. The second-order valence-electron chi connectivity index (χ2n) is 4.26. The third-order valence-electron chi connectivity index (χ3n) is 2.63. The van der Waals surface area contributed by atoms with E-state index in [1.807, 2.05) is 0 Å². The van der Waals surface area contributed by atoms with Gasteiger partial charge < -0.3 is 10.5 Å². The Bertz CT molecular complexity index is 760. The molecule has 0 saturated heterocycles. The average Bonchev–Trinajstić information content (AvgIpc) is 2.35. The number of ether oxygens (including phenoxy) is 1. The Morgan fingerprint density at radius 2 is 1.85 bits per heavy atom. The molecule has 0 bridgehead atoms. The maximum atomic E-state index is 13.2. The van der Waals surface area contributed by atoms with Crippen LogP contribution in [0.3, 0.4) is 0 Å². The van der Waals surface area contributed by atoms with E-state index in [1.54, 1.807) is 6.92 Å². The highest BCUT2D eigenvalue weighted by Gasteiger charge is 2.16. The lowest BCUT2D eigenvalue weighted by molar-refractivity contribution is 0.465. The van der Waals surface area contributed by atoms with Crippen molar-refractivity contribution in [1.29, 1.82) is 0 Å². The Morgan fingerprint density at radius 1 is 1.15 bits per heavy atom. The van der Waals surface area contributed by atoms with Crippen LogP contribution < -0.4 is 15.6 Å². The molecule has 0 spiro atoms. The van der Waals surface area contributed by atoms with Gasteiger partial charge in [0.15, 0.2) is 0 Å². The summed E-state index contributed by atoms with van der Waals surface area (Å²) in [6.07, 6.45) is 0. The van der Waals surface area contributed by atoms with Gasteiger partial charge in [-0.15, -0.1) is 0 Å². The second kappa shape index (κ2) is 5.10. The van der Waals surface area contributed by atoms with E-state index in [2.05, 4.69) is 0 Å². The van der Waals surface area contributed by atoms with Crippen molar-refractivity contribution in [2.24, 2.45) is 5.14 Å².